The van der Waals surface area contributed by atoms with Gasteiger partial charge >= 0.3 is 0 Å². The van der Waals surface area contributed by atoms with Crippen LogP contribution in [0.15, 0.2) is 66.9 Å². The zero-order valence-electron chi connectivity index (χ0n) is 15.6. The lowest BCUT2D eigenvalue weighted by atomic mass is 10.1. The molecule has 0 unspecified atom stereocenters. The molecule has 27 heavy (non-hydrogen) atoms. The van der Waals surface area contributed by atoms with Crippen LogP contribution in [-0.2, 0) is 0 Å². The molecule has 0 atom stereocenters. The smallest absolute Gasteiger partial charge is 0.274 e. The summed E-state index contributed by atoms with van der Waals surface area (Å²) in [4.78, 5) is 31.1. The topological polar surface area (TPSA) is 62.3 Å². The fraction of sp³-hybridized carbons (Fsp3) is 0.136. The van der Waals surface area contributed by atoms with Crippen LogP contribution in [0.25, 0.3) is 0 Å². The number of benzene rings is 2. The van der Waals surface area contributed by atoms with Gasteiger partial charge < -0.3 is 10.2 Å². The van der Waals surface area contributed by atoms with E-state index in [-0.39, 0.29) is 17.5 Å². The Hall–Kier alpha value is -3.47. The third-order valence-corrected chi connectivity index (χ3v) is 4.41. The largest absolute Gasteiger partial charge is 0.320 e. The van der Waals surface area contributed by atoms with Crippen LogP contribution < -0.4 is 10.2 Å². The minimum Gasteiger partial charge on any atom is -0.320 e. The van der Waals surface area contributed by atoms with Crippen molar-refractivity contribution in [2.24, 2.45) is 0 Å². The van der Waals surface area contributed by atoms with Gasteiger partial charge in [-0.25, -0.2) is 0 Å². The molecule has 2 aromatic carbocycles. The van der Waals surface area contributed by atoms with E-state index < -0.39 is 0 Å². The molecule has 2 amide bonds. The zero-order valence-corrected chi connectivity index (χ0v) is 15.6. The Bertz CT molecular complexity index is 964. The first kappa shape index (κ1) is 18.3. The van der Waals surface area contributed by atoms with E-state index in [0.29, 0.717) is 5.56 Å². The number of hydrogen-bond donors (Lipinski definition) is 1. The third-order valence-electron chi connectivity index (χ3n) is 4.41. The van der Waals surface area contributed by atoms with E-state index in [1.807, 2.05) is 62.4 Å². The van der Waals surface area contributed by atoms with Crippen LogP contribution in [0.2, 0.25) is 0 Å². The summed E-state index contributed by atoms with van der Waals surface area (Å²) in [5.74, 6) is -0.547. The second-order valence-corrected chi connectivity index (χ2v) is 6.35. The van der Waals surface area contributed by atoms with Gasteiger partial charge in [-0.15, -0.1) is 0 Å². The van der Waals surface area contributed by atoms with Crippen molar-refractivity contribution in [1.29, 1.82) is 0 Å². The predicted octanol–water partition coefficient (Wildman–Crippen LogP) is 4.23. The standard InChI is InChI=1S/C22H21N3O2/c1-15-8-7-9-16(2)20(15)24-21(26)19-14-17(12-13-23-19)22(27)25(3)18-10-5-4-6-11-18/h4-14H,1-3H3,(H,24,26). The predicted molar refractivity (Wildman–Crippen MR) is 107 cm³/mol. The van der Waals surface area contributed by atoms with Crippen molar-refractivity contribution >= 4 is 23.2 Å². The van der Waals surface area contributed by atoms with Crippen LogP contribution in [0.5, 0.6) is 0 Å². The number of aryl methyl sites for hydroxylation is 2. The molecule has 0 aliphatic carbocycles. The number of nitrogens with zero attached hydrogens (tertiary/aromatic N) is 2. The van der Waals surface area contributed by atoms with Gasteiger partial charge in [0.15, 0.2) is 0 Å². The first-order valence-corrected chi connectivity index (χ1v) is 8.64. The van der Waals surface area contributed by atoms with Crippen LogP contribution in [0.4, 0.5) is 11.4 Å². The van der Waals surface area contributed by atoms with Crippen LogP contribution >= 0.6 is 0 Å². The summed E-state index contributed by atoms with van der Waals surface area (Å²) < 4.78 is 0. The molecule has 1 aromatic heterocycles. The first-order chi connectivity index (χ1) is 13.0. The number of nitrogens with one attached hydrogen (secondary N) is 1. The minimum atomic E-state index is -0.343. The van der Waals surface area contributed by atoms with Crippen molar-refractivity contribution < 1.29 is 9.59 Å². The number of para-hydroxylation sites is 2. The van der Waals surface area contributed by atoms with Crippen LogP contribution in [-0.4, -0.2) is 23.8 Å². The van der Waals surface area contributed by atoms with Gasteiger partial charge in [-0.2, -0.15) is 0 Å². The summed E-state index contributed by atoms with van der Waals surface area (Å²) in [7, 11) is 1.70. The Morgan fingerprint density at radius 2 is 1.59 bits per heavy atom. The molecule has 1 N–H and O–H groups in total. The van der Waals surface area contributed by atoms with Crippen molar-refractivity contribution in [3.8, 4) is 0 Å². The Morgan fingerprint density at radius 1 is 0.926 bits per heavy atom. The van der Waals surface area contributed by atoms with Crippen molar-refractivity contribution in [3.05, 3.63) is 89.2 Å². The molecule has 0 fully saturated rings. The maximum Gasteiger partial charge on any atom is 0.274 e. The van der Waals surface area contributed by atoms with Gasteiger partial charge in [-0.1, -0.05) is 36.4 Å². The van der Waals surface area contributed by atoms with Crippen molar-refractivity contribution in [1.82, 2.24) is 4.98 Å². The lowest BCUT2D eigenvalue weighted by molar-refractivity contribution is 0.0993. The Labute approximate surface area is 158 Å². The van der Waals surface area contributed by atoms with Crippen molar-refractivity contribution in [2.75, 3.05) is 17.3 Å². The molecule has 1 heterocycles. The molecule has 0 bridgehead atoms. The quantitative estimate of drug-likeness (QED) is 0.758. The molecule has 5 nitrogen and oxygen atoms in total. The Morgan fingerprint density at radius 3 is 2.26 bits per heavy atom. The second-order valence-electron chi connectivity index (χ2n) is 6.35. The zero-order chi connectivity index (χ0) is 19.4. The Balaban J connectivity index is 1.83. The van der Waals surface area contributed by atoms with Crippen LogP contribution in [0.3, 0.4) is 0 Å². The normalized spacial score (nSPS) is 10.3. The average Bonchev–Trinajstić information content (AvgIpc) is 2.70. The molecule has 3 rings (SSSR count). The van der Waals surface area contributed by atoms with E-state index in [1.165, 1.54) is 12.3 Å². The van der Waals surface area contributed by atoms with E-state index in [0.717, 1.165) is 22.5 Å². The number of carbonyl (C=O) groups is 2. The van der Waals surface area contributed by atoms with Crippen molar-refractivity contribution in [2.45, 2.75) is 13.8 Å². The summed E-state index contributed by atoms with van der Waals surface area (Å²) in [6, 6.07) is 18.3. The minimum absolute atomic E-state index is 0.199. The molecule has 0 saturated heterocycles. The summed E-state index contributed by atoms with van der Waals surface area (Å²) in [5.41, 5.74) is 4.09. The molecule has 3 aromatic rings. The van der Waals surface area contributed by atoms with Gasteiger partial charge in [0, 0.05) is 30.2 Å². The van der Waals surface area contributed by atoms with Gasteiger partial charge in [0.1, 0.15) is 5.69 Å². The molecular weight excluding hydrogens is 338 g/mol. The van der Waals surface area contributed by atoms with E-state index in [9.17, 15) is 9.59 Å². The highest BCUT2D eigenvalue weighted by Gasteiger charge is 2.17. The number of aromatic nitrogens is 1. The third kappa shape index (κ3) is 4.03. The maximum atomic E-state index is 12.8. The number of pyridine rings is 1. The van der Waals surface area contributed by atoms with E-state index in [1.54, 1.807) is 18.0 Å². The summed E-state index contributed by atoms with van der Waals surface area (Å²) >= 11 is 0. The summed E-state index contributed by atoms with van der Waals surface area (Å²) in [6.07, 6.45) is 1.48. The van der Waals surface area contributed by atoms with E-state index in [2.05, 4.69) is 10.3 Å². The Kier molecular flexibility index (Phi) is 5.31. The van der Waals surface area contributed by atoms with Crippen LogP contribution in [0.1, 0.15) is 32.0 Å². The highest BCUT2D eigenvalue weighted by atomic mass is 16.2. The summed E-state index contributed by atoms with van der Waals surface area (Å²) in [5, 5.41) is 2.90. The number of amides is 2. The van der Waals surface area contributed by atoms with E-state index in [4.69, 9.17) is 0 Å². The number of rotatable bonds is 4. The molecule has 136 valence electrons. The molecule has 5 heteroatoms. The molecule has 0 spiro atoms. The monoisotopic (exact) mass is 359 g/mol. The average molecular weight is 359 g/mol. The van der Waals surface area contributed by atoms with Gasteiger partial charge in [0.25, 0.3) is 11.8 Å². The van der Waals surface area contributed by atoms with Gasteiger partial charge in [0.05, 0.1) is 0 Å². The molecule has 0 saturated carbocycles. The fourth-order valence-corrected chi connectivity index (χ4v) is 2.84. The van der Waals surface area contributed by atoms with Gasteiger partial charge in [-0.05, 0) is 49.2 Å². The molecular formula is C22H21N3O2. The SMILES string of the molecule is Cc1cccc(C)c1NC(=O)c1cc(C(=O)N(C)c2ccccc2)ccn1. The molecule has 0 aliphatic rings. The van der Waals surface area contributed by atoms with Gasteiger partial charge in [0.2, 0.25) is 0 Å². The van der Waals surface area contributed by atoms with Crippen LogP contribution in [0, 0.1) is 13.8 Å². The van der Waals surface area contributed by atoms with Crippen molar-refractivity contribution in [3.63, 3.8) is 0 Å². The fourth-order valence-electron chi connectivity index (χ4n) is 2.84. The second kappa shape index (κ2) is 7.83. The molecule has 0 aliphatic heterocycles. The number of carbonyl (C=O) groups excluding carboxylic acids is 2. The van der Waals surface area contributed by atoms with E-state index >= 15 is 0 Å². The number of hydrogen-bond acceptors (Lipinski definition) is 3. The number of anilines is 2. The highest BCUT2D eigenvalue weighted by Crippen LogP contribution is 2.20. The highest BCUT2D eigenvalue weighted by molar-refractivity contribution is 6.08. The van der Waals surface area contributed by atoms with Gasteiger partial charge in [-0.3, -0.25) is 14.6 Å². The lowest BCUT2D eigenvalue weighted by Crippen LogP contribution is -2.26. The lowest BCUT2D eigenvalue weighted by Gasteiger charge is -2.17. The maximum absolute atomic E-state index is 12.8. The first-order valence-electron chi connectivity index (χ1n) is 8.64. The molecule has 0 radical (unpaired) electrons. The summed E-state index contributed by atoms with van der Waals surface area (Å²) in [6.45, 7) is 3.87.